The zero-order chi connectivity index (χ0) is 31.5. The summed E-state index contributed by atoms with van der Waals surface area (Å²) in [6.45, 7) is 5.25. The Morgan fingerprint density at radius 1 is 0.864 bits per heavy atom. The van der Waals surface area contributed by atoms with Crippen LogP contribution in [0.15, 0.2) is 78.9 Å². The number of aliphatic carboxylic acids is 1. The molecular weight excluding hydrogens is 571 g/mol. The smallest absolute Gasteiger partial charge is 0.475 e. The minimum absolute atomic E-state index is 0.0603. The molecule has 0 radical (unpaired) electrons. The Morgan fingerprint density at radius 3 is 2.11 bits per heavy atom. The number of halogens is 3. The molecule has 0 aromatic heterocycles. The quantitative estimate of drug-likeness (QED) is 0.321. The molecule has 10 heteroatoms. The maximum atomic E-state index is 13.6. The number of fused-ring (bicyclic) bond motifs is 1. The molecule has 1 atom stereocenters. The summed E-state index contributed by atoms with van der Waals surface area (Å²) in [5, 5.41) is 10.5. The molecule has 3 aromatic carbocycles. The van der Waals surface area contributed by atoms with Crippen molar-refractivity contribution in [3.8, 4) is 0 Å². The molecule has 44 heavy (non-hydrogen) atoms. The van der Waals surface area contributed by atoms with Crippen LogP contribution < -0.4 is 5.32 Å². The lowest BCUT2D eigenvalue weighted by atomic mass is 9.97. The number of carboxylic acid groups (broad SMARTS) is 1. The van der Waals surface area contributed by atoms with Gasteiger partial charge in [-0.3, -0.25) is 14.5 Å². The van der Waals surface area contributed by atoms with Gasteiger partial charge in [0.25, 0.3) is 0 Å². The Hall–Kier alpha value is -4.02. The van der Waals surface area contributed by atoms with Gasteiger partial charge in [-0.25, -0.2) is 4.79 Å². The van der Waals surface area contributed by atoms with Crippen LogP contribution in [0.2, 0.25) is 0 Å². The molecule has 1 amide bonds. The Balaban J connectivity index is 0.000000566. The first kappa shape index (κ1) is 32.9. The molecular formula is C34H38F3N3O4. The highest BCUT2D eigenvalue weighted by molar-refractivity contribution is 5.98. The Kier molecular flexibility index (Phi) is 11.7. The molecule has 0 saturated carbocycles. The normalized spacial score (nSPS) is 16.7. The number of benzene rings is 3. The van der Waals surface area contributed by atoms with Crippen molar-refractivity contribution in [2.75, 3.05) is 26.2 Å². The average molecular weight is 610 g/mol. The first-order valence-electron chi connectivity index (χ1n) is 14.9. The maximum Gasteiger partial charge on any atom is 0.490 e. The Morgan fingerprint density at radius 2 is 1.48 bits per heavy atom. The van der Waals surface area contributed by atoms with Gasteiger partial charge in [-0.1, -0.05) is 72.8 Å². The average Bonchev–Trinajstić information content (AvgIpc) is 3.34. The number of carboxylic acids is 1. The van der Waals surface area contributed by atoms with E-state index in [4.69, 9.17) is 9.90 Å². The van der Waals surface area contributed by atoms with Crippen molar-refractivity contribution < 1.29 is 32.7 Å². The van der Waals surface area contributed by atoms with Crippen LogP contribution in [0.25, 0.3) is 0 Å². The summed E-state index contributed by atoms with van der Waals surface area (Å²) in [6, 6.07) is 26.9. The van der Waals surface area contributed by atoms with Crippen molar-refractivity contribution in [2.45, 2.75) is 57.4 Å². The van der Waals surface area contributed by atoms with Gasteiger partial charge in [0.05, 0.1) is 0 Å². The topological polar surface area (TPSA) is 90.0 Å². The molecule has 0 bridgehead atoms. The monoisotopic (exact) mass is 609 g/mol. The molecule has 2 aliphatic heterocycles. The van der Waals surface area contributed by atoms with Gasteiger partial charge in [-0.15, -0.1) is 0 Å². The van der Waals surface area contributed by atoms with E-state index in [1.807, 2.05) is 35.2 Å². The summed E-state index contributed by atoms with van der Waals surface area (Å²) in [5.41, 5.74) is 5.75. The van der Waals surface area contributed by atoms with Crippen molar-refractivity contribution in [1.82, 2.24) is 15.1 Å². The van der Waals surface area contributed by atoms with Crippen molar-refractivity contribution >= 4 is 17.7 Å². The van der Waals surface area contributed by atoms with Crippen molar-refractivity contribution in [2.24, 2.45) is 0 Å². The zero-order valence-corrected chi connectivity index (χ0v) is 24.6. The van der Waals surface area contributed by atoms with Crippen LogP contribution in [0, 0.1) is 0 Å². The maximum absolute atomic E-state index is 13.6. The lowest BCUT2D eigenvalue weighted by molar-refractivity contribution is -0.192. The molecule has 1 saturated heterocycles. The summed E-state index contributed by atoms with van der Waals surface area (Å²) in [5.74, 6) is -2.62. The van der Waals surface area contributed by atoms with E-state index in [0.717, 1.165) is 63.1 Å². The van der Waals surface area contributed by atoms with Crippen LogP contribution >= 0.6 is 0 Å². The van der Waals surface area contributed by atoms with Gasteiger partial charge in [-0.05, 0) is 60.7 Å². The van der Waals surface area contributed by atoms with Crippen LogP contribution in [0.5, 0.6) is 0 Å². The number of rotatable bonds is 9. The second-order valence-electron chi connectivity index (χ2n) is 11.1. The summed E-state index contributed by atoms with van der Waals surface area (Å²) in [4.78, 5) is 40.0. The number of ketones is 1. The highest BCUT2D eigenvalue weighted by atomic mass is 19.4. The van der Waals surface area contributed by atoms with Gasteiger partial charge < -0.3 is 15.3 Å². The van der Waals surface area contributed by atoms with Gasteiger partial charge in [0.15, 0.2) is 5.78 Å². The lowest BCUT2D eigenvalue weighted by Crippen LogP contribution is -2.41. The van der Waals surface area contributed by atoms with Crippen molar-refractivity contribution in [3.63, 3.8) is 0 Å². The standard InChI is InChI=1S/C32H37N3O2.C2HF3O2/c36-31(29-12-11-27-15-18-33-19-16-28(27)21-29)13-14-32(37)35(23-26-9-5-2-6-10-26)30-17-20-34(24-30)22-25-7-3-1-4-8-25;3-2(4,5)1(6)7/h1-12,21,30,33H,13-20,22-24H2;(H,6,7). The molecule has 5 rings (SSSR count). The summed E-state index contributed by atoms with van der Waals surface area (Å²) in [6.07, 6.45) is -1.68. The highest BCUT2D eigenvalue weighted by Crippen LogP contribution is 2.23. The molecule has 7 nitrogen and oxygen atoms in total. The van der Waals surface area contributed by atoms with Crippen molar-refractivity contribution in [1.29, 1.82) is 0 Å². The fraction of sp³-hybridized carbons (Fsp3) is 0.382. The van der Waals surface area contributed by atoms with Crippen LogP contribution in [0.3, 0.4) is 0 Å². The van der Waals surface area contributed by atoms with Gasteiger partial charge in [0.1, 0.15) is 0 Å². The number of hydrogen-bond acceptors (Lipinski definition) is 5. The molecule has 2 N–H and O–H groups in total. The van der Waals surface area contributed by atoms with Gasteiger partial charge in [-0.2, -0.15) is 13.2 Å². The van der Waals surface area contributed by atoms with E-state index in [0.29, 0.717) is 6.54 Å². The predicted octanol–water partition coefficient (Wildman–Crippen LogP) is 5.27. The number of likely N-dealkylation sites (tertiary alicyclic amines) is 1. The van der Waals surface area contributed by atoms with Crippen molar-refractivity contribution in [3.05, 3.63) is 107 Å². The number of carbonyl (C=O) groups is 3. The fourth-order valence-corrected chi connectivity index (χ4v) is 5.61. The van der Waals surface area contributed by atoms with Crippen LogP contribution in [-0.4, -0.2) is 71.0 Å². The third-order valence-electron chi connectivity index (χ3n) is 7.93. The van der Waals surface area contributed by atoms with Crippen LogP contribution in [-0.2, 0) is 35.5 Å². The molecule has 1 unspecified atom stereocenters. The highest BCUT2D eigenvalue weighted by Gasteiger charge is 2.38. The lowest BCUT2D eigenvalue weighted by Gasteiger charge is -2.30. The van der Waals surface area contributed by atoms with Crippen LogP contribution in [0.4, 0.5) is 13.2 Å². The van der Waals surface area contributed by atoms with E-state index < -0.39 is 12.1 Å². The number of nitrogens with zero attached hydrogens (tertiary/aromatic N) is 2. The Labute approximate surface area is 255 Å². The zero-order valence-electron chi connectivity index (χ0n) is 24.6. The number of Topliss-reactive ketones (excluding diaryl/α,β-unsaturated/α-hetero) is 1. The van der Waals surface area contributed by atoms with E-state index in [1.165, 1.54) is 16.7 Å². The molecule has 2 heterocycles. The Bertz CT molecular complexity index is 1400. The molecule has 0 spiro atoms. The number of alkyl halides is 3. The van der Waals surface area contributed by atoms with E-state index >= 15 is 0 Å². The third kappa shape index (κ3) is 9.75. The number of nitrogens with one attached hydrogen (secondary N) is 1. The summed E-state index contributed by atoms with van der Waals surface area (Å²) >= 11 is 0. The number of hydrogen-bond donors (Lipinski definition) is 2. The molecule has 234 valence electrons. The molecule has 0 aliphatic carbocycles. The third-order valence-corrected chi connectivity index (χ3v) is 7.93. The molecule has 1 fully saturated rings. The molecule has 2 aliphatic rings. The second kappa shape index (κ2) is 15.6. The largest absolute Gasteiger partial charge is 0.490 e. The number of amides is 1. The van der Waals surface area contributed by atoms with E-state index in [1.54, 1.807) is 0 Å². The summed E-state index contributed by atoms with van der Waals surface area (Å²) in [7, 11) is 0. The minimum atomic E-state index is -5.08. The first-order valence-corrected chi connectivity index (χ1v) is 14.9. The van der Waals surface area contributed by atoms with E-state index in [-0.39, 0.29) is 30.6 Å². The predicted molar refractivity (Wildman–Crippen MR) is 161 cm³/mol. The van der Waals surface area contributed by atoms with Gasteiger partial charge in [0.2, 0.25) is 5.91 Å². The fourth-order valence-electron chi connectivity index (χ4n) is 5.61. The second-order valence-corrected chi connectivity index (χ2v) is 11.1. The van der Waals surface area contributed by atoms with Crippen LogP contribution in [0.1, 0.15) is 51.9 Å². The van der Waals surface area contributed by atoms with E-state index in [2.05, 4.69) is 58.7 Å². The van der Waals surface area contributed by atoms with Gasteiger partial charge >= 0.3 is 12.1 Å². The first-order chi connectivity index (χ1) is 21.1. The minimum Gasteiger partial charge on any atom is -0.475 e. The summed E-state index contributed by atoms with van der Waals surface area (Å²) < 4.78 is 31.7. The SMILES string of the molecule is O=C(CCC(=O)N(Cc1ccccc1)C1CCN(Cc2ccccc2)C1)c1ccc2c(c1)CCNCC2.O=C(O)C(F)(F)F. The van der Waals surface area contributed by atoms with E-state index in [9.17, 15) is 22.8 Å². The molecule has 3 aromatic rings. The van der Waals surface area contributed by atoms with Gasteiger partial charge in [0, 0.05) is 50.6 Å². The number of carbonyl (C=O) groups excluding carboxylic acids is 2.